The first-order chi connectivity index (χ1) is 20.1. The molecular weight excluding hydrogens is 514 g/mol. The summed E-state index contributed by atoms with van der Waals surface area (Å²) >= 11 is 0. The van der Waals surface area contributed by atoms with E-state index in [1.54, 1.807) is 4.90 Å². The maximum absolute atomic E-state index is 12.5. The van der Waals surface area contributed by atoms with E-state index in [-0.39, 0.29) is 18.4 Å². The van der Waals surface area contributed by atoms with Crippen molar-refractivity contribution in [3.8, 4) is 12.1 Å². The van der Waals surface area contributed by atoms with Gasteiger partial charge in [0.25, 0.3) is 0 Å². The molecule has 9 heteroatoms. The minimum Gasteiger partial charge on any atom is -0.462 e. The number of likely N-dealkylation sites (N-methyl/N-ethyl adjacent to an activating group) is 1. The summed E-state index contributed by atoms with van der Waals surface area (Å²) in [4.78, 5) is 31.2. The summed E-state index contributed by atoms with van der Waals surface area (Å²) < 4.78 is 6.28. The van der Waals surface area contributed by atoms with E-state index >= 15 is 0 Å². The minimum absolute atomic E-state index is 0.134. The number of amides is 1. The number of aromatic nitrogens is 2. The zero-order chi connectivity index (χ0) is 28.3. The third kappa shape index (κ3) is 5.44. The fourth-order valence-corrected chi connectivity index (χ4v) is 6.50. The predicted molar refractivity (Wildman–Crippen MR) is 160 cm³/mol. The van der Waals surface area contributed by atoms with Crippen LogP contribution in [-0.4, -0.2) is 84.1 Å². The summed E-state index contributed by atoms with van der Waals surface area (Å²) in [5.41, 5.74) is 3.31. The summed E-state index contributed by atoms with van der Waals surface area (Å²) in [5, 5.41) is 12.0. The van der Waals surface area contributed by atoms with E-state index < -0.39 is 0 Å². The number of nitrogens with zero attached hydrogens (tertiary/aromatic N) is 7. The third-order valence-electron chi connectivity index (χ3n) is 8.77. The highest BCUT2D eigenvalue weighted by Crippen LogP contribution is 2.35. The second-order valence-corrected chi connectivity index (χ2v) is 11.2. The molecule has 41 heavy (non-hydrogen) atoms. The summed E-state index contributed by atoms with van der Waals surface area (Å²) in [6, 6.07) is 17.7. The molecule has 3 aliphatic rings. The van der Waals surface area contributed by atoms with Crippen LogP contribution in [0, 0.1) is 11.3 Å². The van der Waals surface area contributed by atoms with Crippen molar-refractivity contribution in [3.05, 3.63) is 66.4 Å². The van der Waals surface area contributed by atoms with Crippen LogP contribution in [0.3, 0.4) is 0 Å². The molecule has 3 aliphatic heterocycles. The topological polar surface area (TPSA) is 88.8 Å². The Morgan fingerprint density at radius 2 is 1.95 bits per heavy atom. The number of rotatable bonds is 7. The van der Waals surface area contributed by atoms with Crippen LogP contribution in [-0.2, 0) is 17.8 Å². The number of nitriles is 1. The van der Waals surface area contributed by atoms with Crippen LogP contribution >= 0.6 is 0 Å². The molecule has 3 aromatic rings. The molecule has 212 valence electrons. The number of piperazine rings is 1. The number of fused-ring (bicyclic) bond motifs is 2. The predicted octanol–water partition coefficient (Wildman–Crippen LogP) is 3.78. The summed E-state index contributed by atoms with van der Waals surface area (Å²) in [7, 11) is 2.14. The molecular formula is C32H37N7O2. The molecule has 0 radical (unpaired) electrons. The lowest BCUT2D eigenvalue weighted by molar-refractivity contribution is -0.128. The molecule has 1 amide bonds. The Bertz CT molecular complexity index is 1480. The average molecular weight is 552 g/mol. The normalized spacial score (nSPS) is 21.0. The van der Waals surface area contributed by atoms with Crippen LogP contribution in [0.1, 0.15) is 30.5 Å². The first-order valence-electron chi connectivity index (χ1n) is 14.6. The van der Waals surface area contributed by atoms with Gasteiger partial charge in [-0.2, -0.15) is 15.2 Å². The molecule has 0 unspecified atom stereocenters. The van der Waals surface area contributed by atoms with Gasteiger partial charge in [0, 0.05) is 48.9 Å². The lowest BCUT2D eigenvalue weighted by Crippen LogP contribution is -2.55. The van der Waals surface area contributed by atoms with Crippen molar-refractivity contribution < 1.29 is 9.53 Å². The van der Waals surface area contributed by atoms with Crippen LogP contribution in [0.15, 0.2) is 55.1 Å². The second-order valence-electron chi connectivity index (χ2n) is 11.2. The van der Waals surface area contributed by atoms with Gasteiger partial charge in [0.05, 0.1) is 30.8 Å². The lowest BCUT2D eigenvalue weighted by Gasteiger charge is -2.42. The van der Waals surface area contributed by atoms with Gasteiger partial charge in [0.15, 0.2) is 0 Å². The number of anilines is 2. The largest absolute Gasteiger partial charge is 0.462 e. The van der Waals surface area contributed by atoms with E-state index in [4.69, 9.17) is 14.7 Å². The molecule has 4 heterocycles. The first kappa shape index (κ1) is 27.0. The molecule has 2 saturated heterocycles. The molecule has 2 atom stereocenters. The smallest absolute Gasteiger partial charge is 0.318 e. The minimum atomic E-state index is -0.225. The van der Waals surface area contributed by atoms with E-state index in [2.05, 4.69) is 76.9 Å². The molecule has 0 spiro atoms. The standard InChI is InChI=1S/C32H37N7O2/c1-3-30(40)39-19-18-38(20-24(39)13-15-33)31-27-14-17-37(29-12-6-9-23-8-4-5-11-26(23)29)21-28(27)34-32(35-31)41-22-25-10-7-16-36(25)2/h3-6,8-9,11-12,24-25H,1,7,10,13-14,16-22H2,2H3/t24-,25-/m1/s1. The number of carbonyl (C=O) groups is 1. The van der Waals surface area contributed by atoms with Crippen LogP contribution in [0.2, 0.25) is 0 Å². The van der Waals surface area contributed by atoms with Crippen LogP contribution in [0.4, 0.5) is 11.5 Å². The highest BCUT2D eigenvalue weighted by molar-refractivity contribution is 5.94. The van der Waals surface area contributed by atoms with Crippen molar-refractivity contribution in [3.63, 3.8) is 0 Å². The monoisotopic (exact) mass is 551 g/mol. The molecule has 2 aromatic carbocycles. The van der Waals surface area contributed by atoms with Crippen LogP contribution < -0.4 is 14.5 Å². The molecule has 0 saturated carbocycles. The number of hydrogen-bond acceptors (Lipinski definition) is 8. The van der Waals surface area contributed by atoms with Crippen LogP contribution in [0.5, 0.6) is 6.01 Å². The number of ether oxygens (including phenoxy) is 1. The van der Waals surface area contributed by atoms with Gasteiger partial charge in [0.2, 0.25) is 5.91 Å². The summed E-state index contributed by atoms with van der Waals surface area (Å²) in [6.45, 7) is 8.48. The van der Waals surface area contributed by atoms with Crippen molar-refractivity contribution in [1.29, 1.82) is 5.26 Å². The Morgan fingerprint density at radius 1 is 1.10 bits per heavy atom. The Balaban J connectivity index is 1.33. The third-order valence-corrected chi connectivity index (χ3v) is 8.77. The highest BCUT2D eigenvalue weighted by Gasteiger charge is 2.33. The van der Waals surface area contributed by atoms with Gasteiger partial charge < -0.3 is 24.3 Å². The molecule has 2 fully saturated rings. The quantitative estimate of drug-likeness (QED) is 0.410. The van der Waals surface area contributed by atoms with E-state index in [0.717, 1.165) is 43.0 Å². The number of likely N-dealkylation sites (tertiary alicyclic amines) is 1. The fourth-order valence-electron chi connectivity index (χ4n) is 6.50. The Hall–Kier alpha value is -4.16. The number of carbonyl (C=O) groups excluding carboxylic acids is 1. The summed E-state index contributed by atoms with van der Waals surface area (Å²) in [6.07, 6.45) is 4.68. The van der Waals surface area contributed by atoms with Gasteiger partial charge in [-0.1, -0.05) is 43.0 Å². The lowest BCUT2D eigenvalue weighted by atomic mass is 10.0. The molecule has 9 nitrogen and oxygen atoms in total. The van der Waals surface area contributed by atoms with Crippen molar-refractivity contribution in [1.82, 2.24) is 19.8 Å². The van der Waals surface area contributed by atoms with Crippen molar-refractivity contribution in [2.45, 2.75) is 44.3 Å². The van der Waals surface area contributed by atoms with E-state index in [0.29, 0.717) is 44.8 Å². The molecule has 0 bridgehead atoms. The van der Waals surface area contributed by atoms with Gasteiger partial charge in [0.1, 0.15) is 12.4 Å². The van der Waals surface area contributed by atoms with E-state index in [1.165, 1.54) is 29.0 Å². The molecule has 0 N–H and O–H groups in total. The Labute approximate surface area is 241 Å². The van der Waals surface area contributed by atoms with Crippen molar-refractivity contribution in [2.24, 2.45) is 0 Å². The Kier molecular flexibility index (Phi) is 7.75. The van der Waals surface area contributed by atoms with E-state index in [9.17, 15) is 10.1 Å². The molecule has 6 rings (SSSR count). The van der Waals surface area contributed by atoms with E-state index in [1.807, 2.05) is 0 Å². The number of benzene rings is 2. The van der Waals surface area contributed by atoms with Gasteiger partial charge in [-0.25, -0.2) is 0 Å². The highest BCUT2D eigenvalue weighted by atomic mass is 16.5. The van der Waals surface area contributed by atoms with Crippen LogP contribution in [0.25, 0.3) is 10.8 Å². The second kappa shape index (κ2) is 11.8. The fraction of sp³-hybridized carbons (Fsp3) is 0.438. The SMILES string of the molecule is C=CC(=O)N1CCN(c2nc(OC[C@H]3CCCN3C)nc3c2CCN(c2cccc4ccccc24)C3)C[C@H]1CC#N. The zero-order valence-electron chi connectivity index (χ0n) is 23.7. The van der Waals surface area contributed by atoms with Gasteiger partial charge in [-0.3, -0.25) is 4.79 Å². The first-order valence-corrected chi connectivity index (χ1v) is 14.6. The van der Waals surface area contributed by atoms with Gasteiger partial charge >= 0.3 is 6.01 Å². The van der Waals surface area contributed by atoms with Gasteiger partial charge in [-0.15, -0.1) is 0 Å². The maximum Gasteiger partial charge on any atom is 0.318 e. The maximum atomic E-state index is 12.5. The van der Waals surface area contributed by atoms with Crippen molar-refractivity contribution >= 4 is 28.2 Å². The zero-order valence-corrected chi connectivity index (χ0v) is 23.7. The average Bonchev–Trinajstić information content (AvgIpc) is 3.43. The van der Waals surface area contributed by atoms with Crippen molar-refractivity contribution in [2.75, 3.05) is 56.2 Å². The number of hydrogen-bond donors (Lipinski definition) is 0. The molecule has 0 aliphatic carbocycles. The summed E-state index contributed by atoms with van der Waals surface area (Å²) in [5.74, 6) is 0.737. The Morgan fingerprint density at radius 3 is 2.76 bits per heavy atom. The van der Waals surface area contributed by atoms with Gasteiger partial charge in [-0.05, 0) is 50.4 Å². The molecule has 1 aromatic heterocycles.